The van der Waals surface area contributed by atoms with Crippen molar-refractivity contribution in [3.8, 4) is 0 Å². The molecule has 0 bridgehead atoms. The minimum atomic E-state index is 0.374. The minimum Gasteiger partial charge on any atom is -0.371 e. The van der Waals surface area contributed by atoms with Gasteiger partial charge in [0.1, 0.15) is 0 Å². The summed E-state index contributed by atoms with van der Waals surface area (Å²) < 4.78 is 0. The zero-order valence-electron chi connectivity index (χ0n) is 9.71. The van der Waals surface area contributed by atoms with Crippen LogP contribution in [0.5, 0.6) is 0 Å². The number of aryl methyl sites for hydroxylation is 1. The molecule has 0 fully saturated rings. The molecule has 80 valence electrons. The molecular formula is C14H19N. The highest BCUT2D eigenvalue weighted by Crippen LogP contribution is 2.43. The second-order valence-electron chi connectivity index (χ2n) is 5.54. The minimum absolute atomic E-state index is 0.374. The van der Waals surface area contributed by atoms with Crippen molar-refractivity contribution < 1.29 is 0 Å². The van der Waals surface area contributed by atoms with E-state index in [0.29, 0.717) is 5.41 Å². The molecule has 2 aliphatic rings. The van der Waals surface area contributed by atoms with E-state index in [1.807, 2.05) is 0 Å². The average molecular weight is 201 g/mol. The molecule has 15 heavy (non-hydrogen) atoms. The van der Waals surface area contributed by atoms with Crippen molar-refractivity contribution in [2.24, 2.45) is 0 Å². The molecule has 1 nitrogen and oxygen atoms in total. The number of benzene rings is 1. The van der Waals surface area contributed by atoms with Gasteiger partial charge >= 0.3 is 0 Å². The van der Waals surface area contributed by atoms with Crippen LogP contribution < -0.4 is 4.90 Å². The lowest BCUT2D eigenvalue weighted by molar-refractivity contribution is 0.445. The summed E-state index contributed by atoms with van der Waals surface area (Å²) in [6.45, 7) is 7.28. The Hall–Kier alpha value is -0.980. The van der Waals surface area contributed by atoms with Gasteiger partial charge in [-0.3, -0.25) is 0 Å². The second-order valence-corrected chi connectivity index (χ2v) is 5.54. The first-order chi connectivity index (χ1) is 7.18. The Balaban J connectivity index is 2.22. The van der Waals surface area contributed by atoms with E-state index in [1.54, 1.807) is 16.8 Å². The van der Waals surface area contributed by atoms with Gasteiger partial charge in [-0.1, -0.05) is 32.0 Å². The first-order valence-corrected chi connectivity index (χ1v) is 6.06. The van der Waals surface area contributed by atoms with E-state index in [2.05, 4.69) is 36.9 Å². The molecule has 0 unspecified atom stereocenters. The molecule has 2 aliphatic heterocycles. The Labute approximate surface area is 92.1 Å². The Kier molecular flexibility index (Phi) is 1.86. The van der Waals surface area contributed by atoms with Gasteiger partial charge in [0, 0.05) is 18.8 Å². The summed E-state index contributed by atoms with van der Waals surface area (Å²) in [6, 6.07) is 6.88. The molecule has 0 atom stereocenters. The monoisotopic (exact) mass is 201 g/mol. The zero-order chi connectivity index (χ0) is 10.5. The van der Waals surface area contributed by atoms with Gasteiger partial charge in [-0.15, -0.1) is 0 Å². The maximum absolute atomic E-state index is 2.60. The standard InChI is InChI=1S/C14H19N/c1-14(2)8-10-15-9-4-6-11-5-3-7-12(14)13(11)15/h3,5,7H,4,6,8-10H2,1-2H3. The van der Waals surface area contributed by atoms with Crippen LogP contribution in [0.25, 0.3) is 0 Å². The van der Waals surface area contributed by atoms with Gasteiger partial charge in [0.15, 0.2) is 0 Å². The first kappa shape index (κ1) is 9.26. The van der Waals surface area contributed by atoms with Crippen LogP contribution in [0, 0.1) is 0 Å². The largest absolute Gasteiger partial charge is 0.371 e. The van der Waals surface area contributed by atoms with Crippen molar-refractivity contribution in [3.05, 3.63) is 29.3 Å². The average Bonchev–Trinajstić information content (AvgIpc) is 2.24. The summed E-state index contributed by atoms with van der Waals surface area (Å²) in [5.74, 6) is 0. The Morgan fingerprint density at radius 3 is 2.93 bits per heavy atom. The number of nitrogens with zero attached hydrogens (tertiary/aromatic N) is 1. The van der Waals surface area contributed by atoms with E-state index in [-0.39, 0.29) is 0 Å². The maximum Gasteiger partial charge on any atom is 0.0436 e. The Morgan fingerprint density at radius 2 is 2.07 bits per heavy atom. The van der Waals surface area contributed by atoms with Gasteiger partial charge in [0.2, 0.25) is 0 Å². The van der Waals surface area contributed by atoms with Crippen molar-refractivity contribution in [1.82, 2.24) is 0 Å². The molecule has 2 heterocycles. The lowest BCUT2D eigenvalue weighted by Gasteiger charge is -2.43. The SMILES string of the molecule is CC1(C)CCN2CCCc3cccc1c32. The van der Waals surface area contributed by atoms with Crippen LogP contribution >= 0.6 is 0 Å². The van der Waals surface area contributed by atoms with E-state index in [4.69, 9.17) is 0 Å². The fraction of sp³-hybridized carbons (Fsp3) is 0.571. The topological polar surface area (TPSA) is 3.24 Å². The molecule has 0 saturated heterocycles. The van der Waals surface area contributed by atoms with Crippen molar-refractivity contribution in [1.29, 1.82) is 0 Å². The Morgan fingerprint density at radius 1 is 1.20 bits per heavy atom. The van der Waals surface area contributed by atoms with Crippen molar-refractivity contribution in [2.45, 2.75) is 38.5 Å². The van der Waals surface area contributed by atoms with Gasteiger partial charge in [-0.05, 0) is 35.8 Å². The molecule has 3 rings (SSSR count). The molecule has 0 spiro atoms. The summed E-state index contributed by atoms with van der Waals surface area (Å²) in [7, 11) is 0. The maximum atomic E-state index is 2.60. The Bertz CT molecular complexity index is 392. The number of para-hydroxylation sites is 1. The van der Waals surface area contributed by atoms with Crippen molar-refractivity contribution in [3.63, 3.8) is 0 Å². The lowest BCUT2D eigenvalue weighted by Crippen LogP contribution is -2.40. The number of hydrogen-bond acceptors (Lipinski definition) is 1. The molecule has 1 heteroatoms. The van der Waals surface area contributed by atoms with Crippen molar-refractivity contribution >= 4 is 5.69 Å². The summed E-state index contributed by atoms with van der Waals surface area (Å²) in [5.41, 5.74) is 5.09. The molecule has 0 aromatic heterocycles. The van der Waals surface area contributed by atoms with Crippen LogP contribution in [0.1, 0.15) is 37.8 Å². The van der Waals surface area contributed by atoms with Gasteiger partial charge in [0.05, 0.1) is 0 Å². The van der Waals surface area contributed by atoms with E-state index < -0.39 is 0 Å². The normalized spacial score (nSPS) is 22.4. The highest BCUT2D eigenvalue weighted by Gasteiger charge is 2.33. The molecule has 1 aromatic rings. The van der Waals surface area contributed by atoms with E-state index in [1.165, 1.54) is 32.4 Å². The van der Waals surface area contributed by atoms with Crippen molar-refractivity contribution in [2.75, 3.05) is 18.0 Å². The third-order valence-corrected chi connectivity index (χ3v) is 4.05. The lowest BCUT2D eigenvalue weighted by atomic mass is 9.75. The zero-order valence-corrected chi connectivity index (χ0v) is 9.71. The van der Waals surface area contributed by atoms with E-state index in [9.17, 15) is 0 Å². The third kappa shape index (κ3) is 1.29. The van der Waals surface area contributed by atoms with Crippen LogP contribution in [0.3, 0.4) is 0 Å². The van der Waals surface area contributed by atoms with Gasteiger partial charge in [-0.2, -0.15) is 0 Å². The van der Waals surface area contributed by atoms with Crippen LogP contribution in [0.15, 0.2) is 18.2 Å². The highest BCUT2D eigenvalue weighted by molar-refractivity contribution is 5.65. The molecule has 0 amide bonds. The summed E-state index contributed by atoms with van der Waals surface area (Å²) in [5, 5.41) is 0. The van der Waals surface area contributed by atoms with E-state index >= 15 is 0 Å². The summed E-state index contributed by atoms with van der Waals surface area (Å²) in [6.07, 6.45) is 3.90. The van der Waals surface area contributed by atoms with Gasteiger partial charge in [-0.25, -0.2) is 0 Å². The molecule has 0 saturated carbocycles. The first-order valence-electron chi connectivity index (χ1n) is 6.06. The number of hydrogen-bond donors (Lipinski definition) is 0. The molecule has 0 radical (unpaired) electrons. The van der Waals surface area contributed by atoms with Crippen LogP contribution in [-0.4, -0.2) is 13.1 Å². The van der Waals surface area contributed by atoms with Gasteiger partial charge in [0.25, 0.3) is 0 Å². The second kappa shape index (κ2) is 3.01. The van der Waals surface area contributed by atoms with Crippen LogP contribution in [0.4, 0.5) is 5.69 Å². The summed E-state index contributed by atoms with van der Waals surface area (Å²) >= 11 is 0. The van der Waals surface area contributed by atoms with Crippen LogP contribution in [0.2, 0.25) is 0 Å². The molecule has 0 aliphatic carbocycles. The molecular weight excluding hydrogens is 182 g/mol. The van der Waals surface area contributed by atoms with E-state index in [0.717, 1.165) is 0 Å². The third-order valence-electron chi connectivity index (χ3n) is 4.05. The fourth-order valence-corrected chi connectivity index (χ4v) is 3.06. The predicted octanol–water partition coefficient (Wildman–Crippen LogP) is 3.12. The summed E-state index contributed by atoms with van der Waals surface area (Å²) in [4.78, 5) is 2.60. The smallest absolute Gasteiger partial charge is 0.0436 e. The predicted molar refractivity (Wildman–Crippen MR) is 64.6 cm³/mol. The number of anilines is 1. The fourth-order valence-electron chi connectivity index (χ4n) is 3.06. The quantitative estimate of drug-likeness (QED) is 0.623. The highest BCUT2D eigenvalue weighted by atomic mass is 15.1. The van der Waals surface area contributed by atoms with Crippen LogP contribution in [-0.2, 0) is 11.8 Å². The molecule has 1 aromatic carbocycles. The van der Waals surface area contributed by atoms with Gasteiger partial charge < -0.3 is 4.90 Å². The molecule has 0 N–H and O–H groups in total. The number of rotatable bonds is 0.